The van der Waals surface area contributed by atoms with E-state index in [2.05, 4.69) is 26.5 Å². The Kier molecular flexibility index (Phi) is 3.91. The predicted octanol–water partition coefficient (Wildman–Crippen LogP) is 1.93. The van der Waals surface area contributed by atoms with Crippen molar-refractivity contribution in [2.24, 2.45) is 0 Å². The number of rotatable bonds is 3. The Morgan fingerprint density at radius 1 is 1.23 bits per heavy atom. The lowest BCUT2D eigenvalue weighted by Gasteiger charge is -2.19. The molecule has 6 nitrogen and oxygen atoms in total. The number of H-pyrrole nitrogens is 1. The third kappa shape index (κ3) is 3.00. The van der Waals surface area contributed by atoms with Crippen molar-refractivity contribution in [2.75, 3.05) is 23.3 Å². The summed E-state index contributed by atoms with van der Waals surface area (Å²) >= 11 is 0. The zero-order valence-corrected chi connectivity index (χ0v) is 12.4. The fourth-order valence-electron chi connectivity index (χ4n) is 2.62. The number of hydrogen-bond donors (Lipinski definition) is 2. The van der Waals surface area contributed by atoms with E-state index in [0.29, 0.717) is 0 Å². The minimum atomic E-state index is -0.340. The second-order valence-corrected chi connectivity index (χ2v) is 5.45. The fraction of sp³-hybridized carbons (Fsp3) is 0.312. The third-order valence-corrected chi connectivity index (χ3v) is 3.84. The number of nitrogens with one attached hydrogen (secondary N) is 2. The summed E-state index contributed by atoms with van der Waals surface area (Å²) in [6, 6.07) is 8.70. The zero-order valence-electron chi connectivity index (χ0n) is 12.4. The Bertz CT molecular complexity index is 728. The molecule has 1 aliphatic rings. The van der Waals surface area contributed by atoms with Gasteiger partial charge >= 0.3 is 0 Å². The second kappa shape index (κ2) is 6.01. The van der Waals surface area contributed by atoms with Gasteiger partial charge in [-0.1, -0.05) is 0 Å². The van der Waals surface area contributed by atoms with Gasteiger partial charge < -0.3 is 10.2 Å². The van der Waals surface area contributed by atoms with Gasteiger partial charge in [0.2, 0.25) is 0 Å². The number of amides is 1. The van der Waals surface area contributed by atoms with E-state index in [1.807, 2.05) is 19.1 Å². The number of aromatic nitrogens is 2. The van der Waals surface area contributed by atoms with Crippen LogP contribution in [0.2, 0.25) is 0 Å². The van der Waals surface area contributed by atoms with Crippen LogP contribution in [0, 0.1) is 6.92 Å². The lowest BCUT2D eigenvalue weighted by Crippen LogP contribution is -2.19. The van der Waals surface area contributed by atoms with Gasteiger partial charge in [0.25, 0.3) is 11.5 Å². The highest BCUT2D eigenvalue weighted by molar-refractivity contribution is 6.03. The minimum Gasteiger partial charge on any atom is -0.372 e. The lowest BCUT2D eigenvalue weighted by molar-refractivity contribution is 0.102. The van der Waals surface area contributed by atoms with Crippen molar-refractivity contribution >= 4 is 17.3 Å². The molecule has 0 saturated carbocycles. The van der Waals surface area contributed by atoms with Crippen molar-refractivity contribution in [1.29, 1.82) is 0 Å². The molecule has 1 aliphatic heterocycles. The van der Waals surface area contributed by atoms with Crippen LogP contribution in [0.3, 0.4) is 0 Å². The van der Waals surface area contributed by atoms with Gasteiger partial charge in [0.1, 0.15) is 5.69 Å². The van der Waals surface area contributed by atoms with E-state index in [1.165, 1.54) is 30.7 Å². The first-order valence-electron chi connectivity index (χ1n) is 7.36. The second-order valence-electron chi connectivity index (χ2n) is 5.45. The van der Waals surface area contributed by atoms with E-state index in [0.717, 1.165) is 24.3 Å². The summed E-state index contributed by atoms with van der Waals surface area (Å²) in [6.07, 6.45) is 2.46. The van der Waals surface area contributed by atoms with Crippen LogP contribution < -0.4 is 15.8 Å². The van der Waals surface area contributed by atoms with Crippen LogP contribution in [0.5, 0.6) is 0 Å². The molecule has 0 bridgehead atoms. The number of anilines is 2. The van der Waals surface area contributed by atoms with Gasteiger partial charge in [-0.05, 0) is 49.6 Å². The normalized spacial score (nSPS) is 14.1. The number of carbonyl (C=O) groups excluding carboxylic acids is 1. The quantitative estimate of drug-likeness (QED) is 0.907. The van der Waals surface area contributed by atoms with Crippen molar-refractivity contribution in [1.82, 2.24) is 10.2 Å². The molecule has 0 unspecified atom stereocenters. The van der Waals surface area contributed by atoms with Crippen LogP contribution >= 0.6 is 0 Å². The molecule has 1 amide bonds. The first-order chi connectivity index (χ1) is 10.6. The lowest BCUT2D eigenvalue weighted by atomic mass is 10.1. The summed E-state index contributed by atoms with van der Waals surface area (Å²) < 4.78 is 0. The number of aryl methyl sites for hydroxylation is 1. The molecule has 0 aliphatic carbocycles. The van der Waals surface area contributed by atoms with Crippen LogP contribution in [-0.2, 0) is 0 Å². The van der Waals surface area contributed by atoms with Gasteiger partial charge in [0.05, 0.1) is 0 Å². The standard InChI is InChI=1S/C16H18N4O2/c1-11-10-12(20-8-2-3-9-20)4-5-13(11)17-16(22)14-6-7-15(21)19-18-14/h4-7,10H,2-3,8-9H2,1H3,(H,17,22)(H,19,21). The number of carbonyl (C=O) groups is 1. The first kappa shape index (κ1) is 14.3. The number of benzene rings is 1. The maximum atomic E-state index is 12.1. The maximum Gasteiger partial charge on any atom is 0.276 e. The average molecular weight is 298 g/mol. The summed E-state index contributed by atoms with van der Waals surface area (Å²) in [4.78, 5) is 25.4. The Morgan fingerprint density at radius 3 is 2.64 bits per heavy atom. The van der Waals surface area contributed by atoms with Crippen LogP contribution in [0.4, 0.5) is 11.4 Å². The van der Waals surface area contributed by atoms with E-state index in [1.54, 1.807) is 0 Å². The highest BCUT2D eigenvalue weighted by atomic mass is 16.2. The van der Waals surface area contributed by atoms with Gasteiger partial charge in [-0.15, -0.1) is 0 Å². The highest BCUT2D eigenvalue weighted by Crippen LogP contribution is 2.25. The van der Waals surface area contributed by atoms with Crippen LogP contribution in [0.25, 0.3) is 0 Å². The van der Waals surface area contributed by atoms with E-state index in [9.17, 15) is 9.59 Å². The molecule has 1 aromatic heterocycles. The van der Waals surface area contributed by atoms with E-state index >= 15 is 0 Å². The molecule has 1 aromatic carbocycles. The molecule has 3 rings (SSSR count). The van der Waals surface area contributed by atoms with Crippen molar-refractivity contribution in [3.05, 3.63) is 51.9 Å². The first-order valence-corrected chi connectivity index (χ1v) is 7.36. The van der Waals surface area contributed by atoms with Gasteiger partial charge in [0, 0.05) is 30.5 Å². The van der Waals surface area contributed by atoms with Crippen molar-refractivity contribution < 1.29 is 4.79 Å². The number of nitrogens with zero attached hydrogens (tertiary/aromatic N) is 2. The monoisotopic (exact) mass is 298 g/mol. The van der Waals surface area contributed by atoms with Crippen LogP contribution in [0.15, 0.2) is 35.1 Å². The van der Waals surface area contributed by atoms with Gasteiger partial charge in [-0.25, -0.2) is 5.10 Å². The third-order valence-electron chi connectivity index (χ3n) is 3.84. The van der Waals surface area contributed by atoms with Crippen LogP contribution in [-0.4, -0.2) is 29.2 Å². The molecule has 22 heavy (non-hydrogen) atoms. The molecular weight excluding hydrogens is 280 g/mol. The summed E-state index contributed by atoms with van der Waals surface area (Å²) in [5.74, 6) is -0.340. The van der Waals surface area contributed by atoms with E-state index < -0.39 is 0 Å². The molecule has 1 saturated heterocycles. The summed E-state index contributed by atoms with van der Waals surface area (Å²) in [7, 11) is 0. The molecule has 6 heteroatoms. The zero-order chi connectivity index (χ0) is 15.5. The summed E-state index contributed by atoms with van der Waals surface area (Å²) in [6.45, 7) is 4.15. The van der Waals surface area contributed by atoms with Gasteiger partial charge in [-0.2, -0.15) is 5.10 Å². The van der Waals surface area contributed by atoms with E-state index in [-0.39, 0.29) is 17.2 Å². The number of hydrogen-bond acceptors (Lipinski definition) is 4. The Morgan fingerprint density at radius 2 is 2.00 bits per heavy atom. The highest BCUT2D eigenvalue weighted by Gasteiger charge is 2.14. The minimum absolute atomic E-state index is 0.183. The SMILES string of the molecule is Cc1cc(N2CCCC2)ccc1NC(=O)c1ccc(=O)[nH]n1. The van der Waals surface area contributed by atoms with Crippen LogP contribution in [0.1, 0.15) is 28.9 Å². The summed E-state index contributed by atoms with van der Waals surface area (Å²) in [5.41, 5.74) is 2.80. The molecule has 1 fully saturated rings. The average Bonchev–Trinajstić information content (AvgIpc) is 3.04. The molecule has 0 spiro atoms. The summed E-state index contributed by atoms with van der Waals surface area (Å²) in [5, 5.41) is 8.80. The molecule has 2 aromatic rings. The molecule has 2 N–H and O–H groups in total. The maximum absolute atomic E-state index is 12.1. The molecule has 114 valence electrons. The van der Waals surface area contributed by atoms with Crippen molar-refractivity contribution in [2.45, 2.75) is 19.8 Å². The van der Waals surface area contributed by atoms with E-state index in [4.69, 9.17) is 0 Å². The molecule has 0 atom stereocenters. The van der Waals surface area contributed by atoms with Crippen molar-refractivity contribution in [3.63, 3.8) is 0 Å². The molecular formula is C16H18N4O2. The molecule has 0 radical (unpaired) electrons. The largest absolute Gasteiger partial charge is 0.372 e. The fourth-order valence-corrected chi connectivity index (χ4v) is 2.62. The topological polar surface area (TPSA) is 78.1 Å². The smallest absolute Gasteiger partial charge is 0.276 e. The Hall–Kier alpha value is -2.63. The molecule has 2 heterocycles. The Labute approximate surface area is 128 Å². The van der Waals surface area contributed by atoms with Gasteiger partial charge in [-0.3, -0.25) is 9.59 Å². The Balaban J connectivity index is 1.76. The number of aromatic amines is 1. The predicted molar refractivity (Wildman–Crippen MR) is 85.4 cm³/mol. The van der Waals surface area contributed by atoms with Gasteiger partial charge in [0.15, 0.2) is 0 Å². The van der Waals surface area contributed by atoms with Crippen molar-refractivity contribution in [3.8, 4) is 0 Å².